The Bertz CT molecular complexity index is 367. The third-order valence-corrected chi connectivity index (χ3v) is 3.04. The van der Waals surface area contributed by atoms with Crippen LogP contribution in [0.2, 0.25) is 0 Å². The first kappa shape index (κ1) is 14.8. The van der Waals surface area contributed by atoms with Crippen molar-refractivity contribution in [3.63, 3.8) is 0 Å². The standard InChI is InChI=1S/C14H24N2O2/c1-11(2)16(7-8-17-3)10-12-5-6-13(18-4)9-14(12)15/h5-6,9,11H,7-8,10,15H2,1-4H3. The van der Waals surface area contributed by atoms with Gasteiger partial charge in [0.05, 0.1) is 13.7 Å². The molecule has 1 aromatic carbocycles. The van der Waals surface area contributed by atoms with Crippen LogP contribution in [0.1, 0.15) is 19.4 Å². The van der Waals surface area contributed by atoms with Gasteiger partial charge in [-0.2, -0.15) is 0 Å². The first-order valence-corrected chi connectivity index (χ1v) is 6.23. The van der Waals surface area contributed by atoms with Crippen LogP contribution in [0.25, 0.3) is 0 Å². The number of rotatable bonds is 7. The van der Waals surface area contributed by atoms with E-state index >= 15 is 0 Å². The predicted octanol–water partition coefficient (Wildman–Crippen LogP) is 2.13. The van der Waals surface area contributed by atoms with E-state index in [1.54, 1.807) is 14.2 Å². The lowest BCUT2D eigenvalue weighted by atomic mass is 10.1. The maximum atomic E-state index is 6.04. The topological polar surface area (TPSA) is 47.7 Å². The summed E-state index contributed by atoms with van der Waals surface area (Å²) in [6.07, 6.45) is 0. The highest BCUT2D eigenvalue weighted by atomic mass is 16.5. The van der Waals surface area contributed by atoms with Gasteiger partial charge in [-0.15, -0.1) is 0 Å². The van der Waals surface area contributed by atoms with Crippen LogP contribution in [-0.4, -0.2) is 38.3 Å². The van der Waals surface area contributed by atoms with Crippen molar-refractivity contribution in [2.24, 2.45) is 0 Å². The molecule has 0 amide bonds. The number of methoxy groups -OCH3 is 2. The second kappa shape index (κ2) is 7.24. The number of anilines is 1. The van der Waals surface area contributed by atoms with Crippen LogP contribution >= 0.6 is 0 Å². The first-order valence-electron chi connectivity index (χ1n) is 6.23. The average Bonchev–Trinajstić information content (AvgIpc) is 2.35. The fourth-order valence-electron chi connectivity index (χ4n) is 1.79. The molecular formula is C14H24N2O2. The van der Waals surface area contributed by atoms with Crippen LogP contribution in [0.3, 0.4) is 0 Å². The van der Waals surface area contributed by atoms with Gasteiger partial charge in [0.25, 0.3) is 0 Å². The molecule has 0 heterocycles. The number of hydrogen-bond acceptors (Lipinski definition) is 4. The molecular weight excluding hydrogens is 228 g/mol. The normalized spacial score (nSPS) is 11.2. The van der Waals surface area contributed by atoms with E-state index in [-0.39, 0.29) is 0 Å². The molecule has 0 bridgehead atoms. The highest BCUT2D eigenvalue weighted by Crippen LogP contribution is 2.21. The molecule has 102 valence electrons. The Morgan fingerprint density at radius 3 is 2.50 bits per heavy atom. The second-order valence-corrected chi connectivity index (χ2v) is 4.62. The molecule has 1 rings (SSSR count). The number of nitrogens with two attached hydrogens (primary N) is 1. The van der Waals surface area contributed by atoms with Crippen LogP contribution in [0.15, 0.2) is 18.2 Å². The van der Waals surface area contributed by atoms with Crippen LogP contribution in [0.5, 0.6) is 5.75 Å². The number of ether oxygens (including phenoxy) is 2. The molecule has 0 saturated carbocycles. The SMILES string of the molecule is COCCN(Cc1ccc(OC)cc1N)C(C)C. The van der Waals surface area contributed by atoms with Crippen LogP contribution in [0, 0.1) is 0 Å². The van der Waals surface area contributed by atoms with Gasteiger partial charge < -0.3 is 15.2 Å². The fourth-order valence-corrected chi connectivity index (χ4v) is 1.79. The molecule has 0 spiro atoms. The van der Waals surface area contributed by atoms with E-state index in [2.05, 4.69) is 18.7 Å². The molecule has 0 saturated heterocycles. The summed E-state index contributed by atoms with van der Waals surface area (Å²) in [5.41, 5.74) is 7.94. The summed E-state index contributed by atoms with van der Waals surface area (Å²) in [4.78, 5) is 2.33. The van der Waals surface area contributed by atoms with Gasteiger partial charge in [0.15, 0.2) is 0 Å². The third-order valence-electron chi connectivity index (χ3n) is 3.04. The van der Waals surface area contributed by atoms with Crippen molar-refractivity contribution in [1.29, 1.82) is 0 Å². The molecule has 18 heavy (non-hydrogen) atoms. The number of hydrogen-bond donors (Lipinski definition) is 1. The molecule has 0 atom stereocenters. The van der Waals surface area contributed by atoms with Crippen molar-refractivity contribution in [2.75, 3.05) is 33.1 Å². The summed E-state index contributed by atoms with van der Waals surface area (Å²) >= 11 is 0. The molecule has 0 radical (unpaired) electrons. The van der Waals surface area contributed by atoms with E-state index in [1.165, 1.54) is 0 Å². The van der Waals surface area contributed by atoms with Gasteiger partial charge in [-0.05, 0) is 25.5 Å². The molecule has 0 aliphatic carbocycles. The van der Waals surface area contributed by atoms with Crippen molar-refractivity contribution >= 4 is 5.69 Å². The van der Waals surface area contributed by atoms with E-state index in [9.17, 15) is 0 Å². The van der Waals surface area contributed by atoms with Crippen molar-refractivity contribution in [3.05, 3.63) is 23.8 Å². The van der Waals surface area contributed by atoms with Gasteiger partial charge in [-0.25, -0.2) is 0 Å². The molecule has 0 fully saturated rings. The summed E-state index contributed by atoms with van der Waals surface area (Å²) in [5.74, 6) is 0.796. The van der Waals surface area contributed by atoms with Crippen molar-refractivity contribution in [1.82, 2.24) is 4.90 Å². The first-order chi connectivity index (χ1) is 8.58. The van der Waals surface area contributed by atoms with Gasteiger partial charge >= 0.3 is 0 Å². The molecule has 2 N–H and O–H groups in total. The summed E-state index contributed by atoms with van der Waals surface area (Å²) in [5, 5.41) is 0. The van der Waals surface area contributed by atoms with Crippen molar-refractivity contribution in [3.8, 4) is 5.75 Å². The Hall–Kier alpha value is -1.26. The zero-order chi connectivity index (χ0) is 13.5. The predicted molar refractivity (Wildman–Crippen MR) is 74.8 cm³/mol. The highest BCUT2D eigenvalue weighted by molar-refractivity contribution is 5.51. The van der Waals surface area contributed by atoms with Gasteiger partial charge in [-0.3, -0.25) is 4.90 Å². The minimum Gasteiger partial charge on any atom is -0.497 e. The fraction of sp³-hybridized carbons (Fsp3) is 0.571. The Balaban J connectivity index is 2.74. The van der Waals surface area contributed by atoms with E-state index in [1.807, 2.05) is 18.2 Å². The molecule has 0 unspecified atom stereocenters. The Morgan fingerprint density at radius 1 is 1.28 bits per heavy atom. The Kier molecular flexibility index (Phi) is 5.95. The Labute approximate surface area is 110 Å². The van der Waals surface area contributed by atoms with Crippen molar-refractivity contribution < 1.29 is 9.47 Å². The van der Waals surface area contributed by atoms with E-state index in [0.29, 0.717) is 6.04 Å². The highest BCUT2D eigenvalue weighted by Gasteiger charge is 2.11. The Morgan fingerprint density at radius 2 is 2.00 bits per heavy atom. The second-order valence-electron chi connectivity index (χ2n) is 4.62. The summed E-state index contributed by atoms with van der Waals surface area (Å²) in [6.45, 7) is 6.81. The van der Waals surface area contributed by atoms with Crippen LogP contribution in [-0.2, 0) is 11.3 Å². The lowest BCUT2D eigenvalue weighted by molar-refractivity contribution is 0.125. The van der Waals surface area contributed by atoms with E-state index in [4.69, 9.17) is 15.2 Å². The lowest BCUT2D eigenvalue weighted by Crippen LogP contribution is -2.33. The quantitative estimate of drug-likeness (QED) is 0.755. The number of benzene rings is 1. The minimum atomic E-state index is 0.460. The number of nitrogens with zero attached hydrogens (tertiary/aromatic N) is 1. The smallest absolute Gasteiger partial charge is 0.120 e. The zero-order valence-electron chi connectivity index (χ0n) is 11.8. The maximum absolute atomic E-state index is 6.04. The van der Waals surface area contributed by atoms with Gasteiger partial charge in [0, 0.05) is 38.0 Å². The summed E-state index contributed by atoms with van der Waals surface area (Å²) in [7, 11) is 3.37. The van der Waals surface area contributed by atoms with Crippen LogP contribution < -0.4 is 10.5 Å². The molecule has 1 aromatic rings. The number of nitrogen functional groups attached to an aromatic ring is 1. The molecule has 4 nitrogen and oxygen atoms in total. The van der Waals surface area contributed by atoms with Crippen LogP contribution in [0.4, 0.5) is 5.69 Å². The maximum Gasteiger partial charge on any atom is 0.120 e. The van der Waals surface area contributed by atoms with Gasteiger partial charge in [0.2, 0.25) is 0 Å². The van der Waals surface area contributed by atoms with E-state index < -0.39 is 0 Å². The molecule has 4 heteroatoms. The molecule has 0 aliphatic heterocycles. The largest absolute Gasteiger partial charge is 0.497 e. The minimum absolute atomic E-state index is 0.460. The zero-order valence-corrected chi connectivity index (χ0v) is 11.8. The summed E-state index contributed by atoms with van der Waals surface area (Å²) < 4.78 is 10.3. The average molecular weight is 252 g/mol. The van der Waals surface area contributed by atoms with Gasteiger partial charge in [-0.1, -0.05) is 6.07 Å². The van der Waals surface area contributed by atoms with Gasteiger partial charge in [0.1, 0.15) is 5.75 Å². The van der Waals surface area contributed by atoms with E-state index in [0.717, 1.165) is 36.7 Å². The lowest BCUT2D eigenvalue weighted by Gasteiger charge is -2.26. The monoisotopic (exact) mass is 252 g/mol. The third kappa shape index (κ3) is 4.20. The van der Waals surface area contributed by atoms with Crippen molar-refractivity contribution in [2.45, 2.75) is 26.4 Å². The molecule has 0 aliphatic rings. The summed E-state index contributed by atoms with van der Waals surface area (Å²) in [6, 6.07) is 6.29. The molecule has 0 aromatic heterocycles.